The molecular formula is C12H18N2O3. The van der Waals surface area contributed by atoms with E-state index in [0.717, 1.165) is 5.56 Å². The molecule has 1 aromatic carbocycles. The van der Waals surface area contributed by atoms with Crippen molar-refractivity contribution >= 4 is 11.6 Å². The number of hydrogen-bond donors (Lipinski definition) is 4. The number of aliphatic hydroxyl groups is 2. The zero-order valence-corrected chi connectivity index (χ0v) is 10.0. The molecule has 1 rings (SSSR count). The zero-order chi connectivity index (χ0) is 13.1. The molecular weight excluding hydrogens is 220 g/mol. The van der Waals surface area contributed by atoms with Gasteiger partial charge in [0.25, 0.3) is 5.91 Å². The van der Waals surface area contributed by atoms with Crippen molar-refractivity contribution in [3.05, 3.63) is 29.3 Å². The van der Waals surface area contributed by atoms with Crippen LogP contribution in [0.15, 0.2) is 18.2 Å². The Morgan fingerprint density at radius 3 is 2.65 bits per heavy atom. The van der Waals surface area contributed by atoms with Gasteiger partial charge in [0.05, 0.1) is 6.61 Å². The second-order valence-corrected chi connectivity index (χ2v) is 4.47. The van der Waals surface area contributed by atoms with Crippen LogP contribution in [0.3, 0.4) is 0 Å². The Morgan fingerprint density at radius 1 is 1.47 bits per heavy atom. The van der Waals surface area contributed by atoms with Gasteiger partial charge in [-0.25, -0.2) is 0 Å². The predicted octanol–water partition coefficient (Wildman–Crippen LogP) is 0.0503. The van der Waals surface area contributed by atoms with Crippen molar-refractivity contribution in [2.75, 3.05) is 18.9 Å². The minimum absolute atomic E-state index is 0.0177. The van der Waals surface area contributed by atoms with Gasteiger partial charge < -0.3 is 21.3 Å². The number of aryl methyl sites for hydroxylation is 1. The third-order valence-corrected chi connectivity index (χ3v) is 2.33. The number of carbonyl (C=O) groups excluding carboxylic acids is 1. The monoisotopic (exact) mass is 238 g/mol. The predicted molar refractivity (Wildman–Crippen MR) is 65.6 cm³/mol. The molecule has 5 heteroatoms. The van der Waals surface area contributed by atoms with Gasteiger partial charge in [-0.05, 0) is 37.6 Å². The van der Waals surface area contributed by atoms with E-state index in [2.05, 4.69) is 5.32 Å². The fourth-order valence-electron chi connectivity index (χ4n) is 1.37. The van der Waals surface area contributed by atoms with E-state index >= 15 is 0 Å². The summed E-state index contributed by atoms with van der Waals surface area (Å²) in [5.41, 5.74) is 6.17. The molecule has 17 heavy (non-hydrogen) atoms. The molecule has 1 amide bonds. The van der Waals surface area contributed by atoms with Crippen LogP contribution < -0.4 is 11.1 Å². The summed E-state index contributed by atoms with van der Waals surface area (Å²) < 4.78 is 0. The van der Waals surface area contributed by atoms with Crippen molar-refractivity contribution in [3.8, 4) is 0 Å². The summed E-state index contributed by atoms with van der Waals surface area (Å²) in [7, 11) is 0. The largest absolute Gasteiger partial charge is 0.399 e. The molecule has 0 aliphatic carbocycles. The number of nitrogens with two attached hydrogens (primary N) is 1. The maximum atomic E-state index is 11.8. The molecule has 0 radical (unpaired) electrons. The van der Waals surface area contributed by atoms with Crippen LogP contribution in [-0.2, 0) is 0 Å². The molecule has 0 saturated carbocycles. The lowest BCUT2D eigenvalue weighted by atomic mass is 10.1. The van der Waals surface area contributed by atoms with E-state index in [1.54, 1.807) is 18.2 Å². The quantitative estimate of drug-likeness (QED) is 0.557. The highest BCUT2D eigenvalue weighted by molar-refractivity contribution is 5.95. The van der Waals surface area contributed by atoms with Crippen molar-refractivity contribution < 1.29 is 15.0 Å². The summed E-state index contributed by atoms with van der Waals surface area (Å²) in [4.78, 5) is 11.8. The van der Waals surface area contributed by atoms with Crippen molar-refractivity contribution in [1.29, 1.82) is 0 Å². The summed E-state index contributed by atoms with van der Waals surface area (Å²) in [6.45, 7) is 2.86. The molecule has 0 saturated heterocycles. The van der Waals surface area contributed by atoms with Crippen LogP contribution >= 0.6 is 0 Å². The highest BCUT2D eigenvalue weighted by Gasteiger charge is 2.20. The Morgan fingerprint density at radius 2 is 2.12 bits per heavy atom. The first-order valence-electron chi connectivity index (χ1n) is 5.33. The van der Waals surface area contributed by atoms with E-state index in [9.17, 15) is 9.90 Å². The third kappa shape index (κ3) is 4.05. The average Bonchev–Trinajstić information content (AvgIpc) is 2.24. The van der Waals surface area contributed by atoms with Crippen molar-refractivity contribution in [1.82, 2.24) is 5.32 Å². The Kier molecular flexibility index (Phi) is 4.09. The average molecular weight is 238 g/mol. The fourth-order valence-corrected chi connectivity index (χ4v) is 1.37. The number of amides is 1. The highest BCUT2D eigenvalue weighted by atomic mass is 16.3. The Bertz CT molecular complexity index is 396. The fraction of sp³-hybridized carbons (Fsp3) is 0.417. The molecule has 94 valence electrons. The molecule has 0 spiro atoms. The number of nitrogens with one attached hydrogen (secondary N) is 1. The highest BCUT2D eigenvalue weighted by Crippen LogP contribution is 2.11. The summed E-state index contributed by atoms with van der Waals surface area (Å²) in [5, 5.41) is 20.9. The van der Waals surface area contributed by atoms with Gasteiger partial charge in [0.2, 0.25) is 0 Å². The number of benzene rings is 1. The van der Waals surface area contributed by atoms with E-state index < -0.39 is 12.2 Å². The number of aliphatic hydroxyl groups excluding tert-OH is 1. The lowest BCUT2D eigenvalue weighted by molar-refractivity contribution is 0.00320. The summed E-state index contributed by atoms with van der Waals surface area (Å²) in [6.07, 6.45) is 0. The second-order valence-electron chi connectivity index (χ2n) is 4.47. The van der Waals surface area contributed by atoms with E-state index in [-0.39, 0.29) is 12.5 Å². The number of carbonyl (C=O) groups is 1. The van der Waals surface area contributed by atoms with Crippen LogP contribution in [0.25, 0.3) is 0 Å². The topological polar surface area (TPSA) is 95.6 Å². The van der Waals surface area contributed by atoms with E-state index in [0.29, 0.717) is 11.3 Å². The Labute approximate surface area is 100 Å². The summed E-state index contributed by atoms with van der Waals surface area (Å²) in [6, 6.07) is 5.04. The van der Waals surface area contributed by atoms with Gasteiger partial charge in [0, 0.05) is 17.8 Å². The van der Waals surface area contributed by atoms with Crippen molar-refractivity contribution in [3.63, 3.8) is 0 Å². The van der Waals surface area contributed by atoms with Crippen LogP contribution in [0.1, 0.15) is 22.8 Å². The van der Waals surface area contributed by atoms with Gasteiger partial charge in [-0.3, -0.25) is 4.79 Å². The van der Waals surface area contributed by atoms with E-state index in [4.69, 9.17) is 10.8 Å². The molecule has 0 aromatic heterocycles. The maximum absolute atomic E-state index is 11.8. The first-order valence-corrected chi connectivity index (χ1v) is 5.33. The van der Waals surface area contributed by atoms with Crippen LogP contribution in [0.5, 0.6) is 0 Å². The summed E-state index contributed by atoms with van der Waals surface area (Å²) >= 11 is 0. The number of rotatable bonds is 4. The van der Waals surface area contributed by atoms with Gasteiger partial charge in [0.1, 0.15) is 5.60 Å². The van der Waals surface area contributed by atoms with Gasteiger partial charge in [-0.2, -0.15) is 0 Å². The zero-order valence-electron chi connectivity index (χ0n) is 10.0. The number of nitrogen functional groups attached to an aromatic ring is 1. The van der Waals surface area contributed by atoms with Crippen LogP contribution in [0, 0.1) is 6.92 Å². The molecule has 5 N–H and O–H groups in total. The molecule has 1 atom stereocenters. The Balaban J connectivity index is 2.70. The standard InChI is InChI=1S/C12H18N2O3/c1-8-3-9(5-10(13)4-8)11(16)14-6-12(2,17)7-15/h3-5,15,17H,6-7,13H2,1-2H3,(H,14,16). The van der Waals surface area contributed by atoms with Gasteiger partial charge in [-0.15, -0.1) is 0 Å². The number of hydrogen-bond acceptors (Lipinski definition) is 4. The molecule has 0 aliphatic rings. The molecule has 1 aromatic rings. The van der Waals surface area contributed by atoms with Crippen molar-refractivity contribution in [2.24, 2.45) is 0 Å². The molecule has 1 unspecified atom stereocenters. The third-order valence-electron chi connectivity index (χ3n) is 2.33. The van der Waals surface area contributed by atoms with Gasteiger partial charge in [-0.1, -0.05) is 0 Å². The van der Waals surface area contributed by atoms with Gasteiger partial charge in [0.15, 0.2) is 0 Å². The van der Waals surface area contributed by atoms with Crippen LogP contribution in [-0.4, -0.2) is 34.9 Å². The van der Waals surface area contributed by atoms with Crippen molar-refractivity contribution in [2.45, 2.75) is 19.4 Å². The molecule has 0 fully saturated rings. The SMILES string of the molecule is Cc1cc(N)cc(C(=O)NCC(C)(O)CO)c1. The van der Waals surface area contributed by atoms with Crippen LogP contribution in [0.4, 0.5) is 5.69 Å². The van der Waals surface area contributed by atoms with E-state index in [1.165, 1.54) is 6.92 Å². The van der Waals surface area contributed by atoms with Gasteiger partial charge >= 0.3 is 0 Å². The second kappa shape index (κ2) is 5.16. The summed E-state index contributed by atoms with van der Waals surface area (Å²) in [5.74, 6) is -0.325. The minimum Gasteiger partial charge on any atom is -0.399 e. The maximum Gasteiger partial charge on any atom is 0.251 e. The molecule has 0 heterocycles. The first-order chi connectivity index (χ1) is 7.84. The number of anilines is 1. The van der Waals surface area contributed by atoms with E-state index in [1.807, 2.05) is 6.92 Å². The molecule has 0 aliphatic heterocycles. The first kappa shape index (κ1) is 13.5. The normalized spacial score (nSPS) is 14.1. The van der Waals surface area contributed by atoms with Crippen LogP contribution in [0.2, 0.25) is 0 Å². The lowest BCUT2D eigenvalue weighted by Gasteiger charge is -2.20. The molecule has 0 bridgehead atoms. The lowest BCUT2D eigenvalue weighted by Crippen LogP contribution is -2.43. The minimum atomic E-state index is -1.31. The molecule has 5 nitrogen and oxygen atoms in total. The Hall–Kier alpha value is -1.59. The smallest absolute Gasteiger partial charge is 0.251 e.